The molecule has 1 aliphatic carbocycles. The van der Waals surface area contributed by atoms with Crippen LogP contribution in [-0.4, -0.2) is 40.9 Å². The number of carbonyl (C=O) groups excluding carboxylic acids is 3. The maximum atomic E-state index is 13.0. The standard InChI is InChI=1S/C19H27N3O4/c1-13-4-3-5-14(12-13)8-9-19(10-11-19)18(25)22(2)15(17(24)21-26)6-7-16(20)23/h3-5,12,15,26H,6-11H2,1-2H3,(H2,20,23)(H,21,24). The van der Waals surface area contributed by atoms with Crippen molar-refractivity contribution < 1.29 is 19.6 Å². The van der Waals surface area contributed by atoms with Crippen molar-refractivity contribution in [1.82, 2.24) is 10.4 Å². The van der Waals surface area contributed by atoms with Gasteiger partial charge in [0.15, 0.2) is 0 Å². The Balaban J connectivity index is 2.04. The van der Waals surface area contributed by atoms with Gasteiger partial charge in [-0.2, -0.15) is 0 Å². The first-order valence-electron chi connectivity index (χ1n) is 8.84. The van der Waals surface area contributed by atoms with Crippen molar-refractivity contribution in [3.63, 3.8) is 0 Å². The van der Waals surface area contributed by atoms with E-state index in [1.165, 1.54) is 23.1 Å². The predicted octanol–water partition coefficient (Wildman–Crippen LogP) is 1.31. The van der Waals surface area contributed by atoms with E-state index in [4.69, 9.17) is 10.9 Å². The SMILES string of the molecule is Cc1cccc(CCC2(C(=O)N(C)C(CCC(N)=O)C(=O)NO)CC2)c1. The van der Waals surface area contributed by atoms with E-state index in [2.05, 4.69) is 6.07 Å². The van der Waals surface area contributed by atoms with Crippen molar-refractivity contribution in [3.8, 4) is 0 Å². The summed E-state index contributed by atoms with van der Waals surface area (Å²) in [6, 6.07) is 7.28. The van der Waals surface area contributed by atoms with Crippen LogP contribution in [0, 0.1) is 12.3 Å². The van der Waals surface area contributed by atoms with E-state index >= 15 is 0 Å². The van der Waals surface area contributed by atoms with Gasteiger partial charge in [0.05, 0.1) is 0 Å². The van der Waals surface area contributed by atoms with Gasteiger partial charge < -0.3 is 10.6 Å². The van der Waals surface area contributed by atoms with Gasteiger partial charge in [0.25, 0.3) is 5.91 Å². The Kier molecular flexibility index (Phi) is 6.37. The van der Waals surface area contributed by atoms with Gasteiger partial charge in [0.1, 0.15) is 6.04 Å². The van der Waals surface area contributed by atoms with Gasteiger partial charge in [-0.05, 0) is 44.6 Å². The lowest BCUT2D eigenvalue weighted by molar-refractivity contribution is -0.147. The molecule has 1 aromatic carbocycles. The summed E-state index contributed by atoms with van der Waals surface area (Å²) in [5.74, 6) is -1.39. The number of hydrogen-bond donors (Lipinski definition) is 3. The van der Waals surface area contributed by atoms with Gasteiger partial charge in [-0.3, -0.25) is 19.6 Å². The van der Waals surface area contributed by atoms with Crippen LogP contribution in [0.5, 0.6) is 0 Å². The third kappa shape index (κ3) is 4.82. The first kappa shape index (κ1) is 19.9. The third-order valence-corrected chi connectivity index (χ3v) is 5.15. The van der Waals surface area contributed by atoms with Gasteiger partial charge in [-0.15, -0.1) is 0 Å². The van der Waals surface area contributed by atoms with Crippen LogP contribution in [-0.2, 0) is 20.8 Å². The van der Waals surface area contributed by atoms with Gasteiger partial charge in [-0.1, -0.05) is 29.8 Å². The Morgan fingerprint density at radius 2 is 2.04 bits per heavy atom. The second-order valence-electron chi connectivity index (χ2n) is 7.18. The maximum absolute atomic E-state index is 13.0. The molecule has 3 amide bonds. The fourth-order valence-electron chi connectivity index (χ4n) is 3.34. The Hall–Kier alpha value is -2.41. The number of hydrogen-bond acceptors (Lipinski definition) is 4. The average Bonchev–Trinajstić information content (AvgIpc) is 3.40. The van der Waals surface area contributed by atoms with Crippen molar-refractivity contribution in [2.45, 2.75) is 51.5 Å². The van der Waals surface area contributed by atoms with Crippen LogP contribution in [0.2, 0.25) is 0 Å². The van der Waals surface area contributed by atoms with Crippen LogP contribution in [0.1, 0.15) is 43.2 Å². The molecule has 1 fully saturated rings. The van der Waals surface area contributed by atoms with Crippen molar-refractivity contribution in [1.29, 1.82) is 0 Å². The van der Waals surface area contributed by atoms with Crippen molar-refractivity contribution in [2.24, 2.45) is 11.1 Å². The number of amides is 3. The summed E-state index contributed by atoms with van der Waals surface area (Å²) in [7, 11) is 1.54. The van der Waals surface area contributed by atoms with Crippen molar-refractivity contribution >= 4 is 17.7 Å². The Labute approximate surface area is 153 Å². The Morgan fingerprint density at radius 3 is 2.58 bits per heavy atom. The predicted molar refractivity (Wildman–Crippen MR) is 96.1 cm³/mol. The zero-order chi connectivity index (χ0) is 19.3. The van der Waals surface area contributed by atoms with E-state index in [-0.39, 0.29) is 18.7 Å². The second kappa shape index (κ2) is 8.31. The Bertz CT molecular complexity index is 685. The van der Waals surface area contributed by atoms with Crippen LogP contribution in [0.25, 0.3) is 0 Å². The highest BCUT2D eigenvalue weighted by Gasteiger charge is 2.51. The lowest BCUT2D eigenvalue weighted by atomic mass is 9.94. The number of nitrogens with zero attached hydrogens (tertiary/aromatic N) is 1. The molecule has 0 bridgehead atoms. The summed E-state index contributed by atoms with van der Waals surface area (Å²) in [6.07, 6.45) is 3.11. The molecule has 1 aliphatic rings. The number of nitrogens with two attached hydrogens (primary N) is 1. The number of carbonyl (C=O) groups is 3. The highest BCUT2D eigenvalue weighted by molar-refractivity contribution is 5.91. The van der Waals surface area contributed by atoms with Crippen LogP contribution in [0.4, 0.5) is 0 Å². The minimum atomic E-state index is -0.920. The lowest BCUT2D eigenvalue weighted by Gasteiger charge is -2.30. The molecule has 26 heavy (non-hydrogen) atoms. The molecule has 0 saturated heterocycles. The molecule has 1 atom stereocenters. The monoisotopic (exact) mass is 361 g/mol. The van der Waals surface area contributed by atoms with E-state index in [1.54, 1.807) is 5.48 Å². The fraction of sp³-hybridized carbons (Fsp3) is 0.526. The molecule has 0 spiro atoms. The van der Waals surface area contributed by atoms with E-state index in [1.807, 2.05) is 25.1 Å². The van der Waals surface area contributed by atoms with Gasteiger partial charge in [0, 0.05) is 18.9 Å². The fourth-order valence-corrected chi connectivity index (χ4v) is 3.34. The number of primary amides is 1. The molecule has 0 heterocycles. The largest absolute Gasteiger partial charge is 0.370 e. The number of rotatable bonds is 9. The summed E-state index contributed by atoms with van der Waals surface area (Å²) in [6.45, 7) is 2.03. The second-order valence-corrected chi connectivity index (χ2v) is 7.18. The first-order chi connectivity index (χ1) is 12.3. The molecule has 2 rings (SSSR count). The number of hydroxylamine groups is 1. The molecule has 142 valence electrons. The normalized spacial score (nSPS) is 15.8. The van der Waals surface area contributed by atoms with E-state index < -0.39 is 23.3 Å². The highest BCUT2D eigenvalue weighted by atomic mass is 16.5. The molecule has 1 aromatic rings. The molecule has 4 N–H and O–H groups in total. The van der Waals surface area contributed by atoms with E-state index in [9.17, 15) is 14.4 Å². The average molecular weight is 361 g/mol. The van der Waals surface area contributed by atoms with Gasteiger partial charge in [-0.25, -0.2) is 5.48 Å². The molecular weight excluding hydrogens is 334 g/mol. The molecule has 0 radical (unpaired) electrons. The highest BCUT2D eigenvalue weighted by Crippen LogP contribution is 2.51. The molecular formula is C19H27N3O4. The first-order valence-corrected chi connectivity index (χ1v) is 8.84. The summed E-state index contributed by atoms with van der Waals surface area (Å²) in [5.41, 5.74) is 8.63. The summed E-state index contributed by atoms with van der Waals surface area (Å²) in [4.78, 5) is 37.3. The van der Waals surface area contributed by atoms with Crippen LogP contribution in [0.3, 0.4) is 0 Å². The number of nitrogens with one attached hydrogen (secondary N) is 1. The number of benzene rings is 1. The molecule has 7 nitrogen and oxygen atoms in total. The summed E-state index contributed by atoms with van der Waals surface area (Å²) >= 11 is 0. The molecule has 0 aromatic heterocycles. The number of likely N-dealkylation sites (N-methyl/N-ethyl adjacent to an activating group) is 1. The number of aryl methyl sites for hydroxylation is 2. The lowest BCUT2D eigenvalue weighted by Crippen LogP contribution is -2.49. The van der Waals surface area contributed by atoms with Crippen molar-refractivity contribution in [3.05, 3.63) is 35.4 Å². The van der Waals surface area contributed by atoms with E-state index in [0.717, 1.165) is 19.3 Å². The molecule has 1 unspecified atom stereocenters. The molecule has 0 aliphatic heterocycles. The minimum absolute atomic E-state index is 0.0357. The summed E-state index contributed by atoms with van der Waals surface area (Å²) in [5, 5.41) is 8.94. The third-order valence-electron chi connectivity index (χ3n) is 5.15. The maximum Gasteiger partial charge on any atom is 0.266 e. The smallest absolute Gasteiger partial charge is 0.266 e. The van der Waals surface area contributed by atoms with Gasteiger partial charge >= 0.3 is 0 Å². The molecule has 7 heteroatoms. The minimum Gasteiger partial charge on any atom is -0.370 e. The summed E-state index contributed by atoms with van der Waals surface area (Å²) < 4.78 is 0. The van der Waals surface area contributed by atoms with Crippen LogP contribution in [0.15, 0.2) is 24.3 Å². The quantitative estimate of drug-likeness (QED) is 0.454. The Morgan fingerprint density at radius 1 is 1.35 bits per heavy atom. The van der Waals surface area contributed by atoms with Gasteiger partial charge in [0.2, 0.25) is 11.8 Å². The van der Waals surface area contributed by atoms with Crippen LogP contribution < -0.4 is 11.2 Å². The molecule has 1 saturated carbocycles. The van der Waals surface area contributed by atoms with E-state index in [0.29, 0.717) is 6.42 Å². The van der Waals surface area contributed by atoms with Crippen LogP contribution >= 0.6 is 0 Å². The zero-order valence-electron chi connectivity index (χ0n) is 15.3. The topological polar surface area (TPSA) is 113 Å². The van der Waals surface area contributed by atoms with Crippen molar-refractivity contribution in [2.75, 3.05) is 7.05 Å². The zero-order valence-corrected chi connectivity index (χ0v) is 15.3.